The van der Waals surface area contributed by atoms with E-state index in [9.17, 15) is 18.0 Å². The minimum absolute atomic E-state index is 0.0370. The highest BCUT2D eigenvalue weighted by atomic mass is 35.5. The summed E-state index contributed by atoms with van der Waals surface area (Å²) in [6.07, 6.45) is 4.23. The Morgan fingerprint density at radius 3 is 2.31 bits per heavy atom. The lowest BCUT2D eigenvalue weighted by Gasteiger charge is -2.34. The summed E-state index contributed by atoms with van der Waals surface area (Å²) in [4.78, 5) is 29.2. The van der Waals surface area contributed by atoms with E-state index in [1.165, 1.54) is 35.2 Å². The number of sulfonamides is 1. The molecule has 3 aromatic rings. The Balaban J connectivity index is 1.72. The highest BCUT2D eigenvalue weighted by molar-refractivity contribution is 7.92. The molecule has 1 atom stereocenters. The van der Waals surface area contributed by atoms with E-state index in [4.69, 9.17) is 27.9 Å². The van der Waals surface area contributed by atoms with E-state index < -0.39 is 28.5 Å². The van der Waals surface area contributed by atoms with Crippen molar-refractivity contribution < 1.29 is 22.7 Å². The van der Waals surface area contributed by atoms with Crippen LogP contribution >= 0.6 is 23.2 Å². The fourth-order valence-corrected chi connectivity index (χ4v) is 6.86. The molecule has 0 aromatic heterocycles. The summed E-state index contributed by atoms with van der Waals surface area (Å²) in [5, 5.41) is 3.80. The number of anilines is 1. The lowest BCUT2D eigenvalue weighted by Crippen LogP contribution is -2.53. The van der Waals surface area contributed by atoms with E-state index >= 15 is 0 Å². The number of carbonyl (C=O) groups excluding carboxylic acids is 2. The van der Waals surface area contributed by atoms with Crippen LogP contribution in [0, 0.1) is 0 Å². The van der Waals surface area contributed by atoms with E-state index in [-0.39, 0.29) is 29.1 Å². The van der Waals surface area contributed by atoms with Crippen molar-refractivity contribution in [2.24, 2.45) is 0 Å². The Bertz CT molecular complexity index is 1490. The minimum atomic E-state index is -4.22. The molecule has 1 aliphatic carbocycles. The highest BCUT2D eigenvalue weighted by Crippen LogP contribution is 2.28. The van der Waals surface area contributed by atoms with Crippen molar-refractivity contribution in [3.8, 4) is 5.75 Å². The van der Waals surface area contributed by atoms with Gasteiger partial charge in [0.1, 0.15) is 18.3 Å². The monoisotopic (exact) mass is 631 g/mol. The first-order valence-corrected chi connectivity index (χ1v) is 16.1. The van der Waals surface area contributed by atoms with Crippen LogP contribution in [0.15, 0.2) is 77.7 Å². The lowest BCUT2D eigenvalue weighted by molar-refractivity contribution is -0.140. The predicted octanol–water partition coefficient (Wildman–Crippen LogP) is 6.06. The van der Waals surface area contributed by atoms with Crippen LogP contribution in [-0.2, 0) is 26.2 Å². The molecular formula is C31H35Cl2N3O5S. The zero-order valence-electron chi connectivity index (χ0n) is 23.6. The van der Waals surface area contributed by atoms with Gasteiger partial charge in [0.15, 0.2) is 0 Å². The largest absolute Gasteiger partial charge is 0.497 e. The van der Waals surface area contributed by atoms with Gasteiger partial charge in [-0.2, -0.15) is 0 Å². The summed E-state index contributed by atoms with van der Waals surface area (Å²) in [7, 11) is -2.67. The number of rotatable bonds is 12. The van der Waals surface area contributed by atoms with Gasteiger partial charge in [-0.3, -0.25) is 13.9 Å². The third-order valence-corrected chi connectivity index (χ3v) is 9.63. The van der Waals surface area contributed by atoms with E-state index in [0.29, 0.717) is 22.2 Å². The molecule has 4 rings (SSSR count). The molecule has 0 unspecified atom stereocenters. The third kappa shape index (κ3) is 7.76. The molecule has 3 aromatic carbocycles. The van der Waals surface area contributed by atoms with Gasteiger partial charge in [0.05, 0.1) is 17.7 Å². The Labute approximate surface area is 257 Å². The Morgan fingerprint density at radius 2 is 1.67 bits per heavy atom. The second-order valence-electron chi connectivity index (χ2n) is 10.2. The Morgan fingerprint density at radius 1 is 0.976 bits per heavy atom. The van der Waals surface area contributed by atoms with Gasteiger partial charge in [0.2, 0.25) is 11.8 Å². The number of benzene rings is 3. The molecule has 1 aliphatic rings. The van der Waals surface area contributed by atoms with Crippen molar-refractivity contribution in [2.75, 3.05) is 18.0 Å². The molecule has 0 saturated heterocycles. The van der Waals surface area contributed by atoms with E-state index in [0.717, 1.165) is 35.6 Å². The van der Waals surface area contributed by atoms with Gasteiger partial charge in [-0.15, -0.1) is 0 Å². The van der Waals surface area contributed by atoms with E-state index in [1.54, 1.807) is 43.5 Å². The number of hydrogen-bond donors (Lipinski definition) is 1. The smallest absolute Gasteiger partial charge is 0.264 e. The summed E-state index contributed by atoms with van der Waals surface area (Å²) in [5.74, 6) is -0.187. The molecule has 0 spiro atoms. The van der Waals surface area contributed by atoms with Crippen molar-refractivity contribution in [3.63, 3.8) is 0 Å². The average Bonchev–Trinajstić information content (AvgIpc) is 3.49. The Hall–Kier alpha value is -3.27. The fraction of sp³-hybridized carbons (Fsp3) is 0.355. The Kier molecular flexibility index (Phi) is 10.8. The number of hydrogen-bond acceptors (Lipinski definition) is 5. The van der Waals surface area contributed by atoms with Crippen molar-refractivity contribution >= 4 is 50.7 Å². The van der Waals surface area contributed by atoms with Crippen LogP contribution < -0.4 is 14.4 Å². The molecule has 0 aliphatic heterocycles. The highest BCUT2D eigenvalue weighted by Gasteiger charge is 2.34. The summed E-state index contributed by atoms with van der Waals surface area (Å²) < 4.78 is 34.2. The van der Waals surface area contributed by atoms with Gasteiger partial charge in [0.25, 0.3) is 10.0 Å². The molecule has 1 saturated carbocycles. The first-order chi connectivity index (χ1) is 20.1. The maximum atomic E-state index is 14.2. The summed E-state index contributed by atoms with van der Waals surface area (Å²) in [6, 6.07) is 18.5. The molecule has 1 fully saturated rings. The molecule has 224 valence electrons. The fourth-order valence-electron chi connectivity index (χ4n) is 5.15. The number of halogens is 2. The van der Waals surface area contributed by atoms with Crippen molar-refractivity contribution in [3.05, 3.63) is 88.4 Å². The van der Waals surface area contributed by atoms with Gasteiger partial charge < -0.3 is 15.0 Å². The summed E-state index contributed by atoms with van der Waals surface area (Å²) in [6.45, 7) is 1.36. The number of amides is 2. The number of nitrogens with zero attached hydrogens (tertiary/aromatic N) is 2. The topological polar surface area (TPSA) is 96.0 Å². The van der Waals surface area contributed by atoms with Gasteiger partial charge >= 0.3 is 0 Å². The standard InChI is InChI=1S/C31H35Cl2N3O5S/c1-3-29(31(38)34-25-10-4-5-11-25)35(20-22-8-6-13-27(18-22)41-2)30(37)21-36(26-12-7-9-24(33)19-26)42(39,40)28-16-14-23(32)15-17-28/h6-9,12-19,25,29H,3-5,10-11,20-21H2,1-2H3,(H,34,38)/t29-/m1/s1. The van der Waals surface area contributed by atoms with E-state index in [2.05, 4.69) is 5.32 Å². The molecule has 11 heteroatoms. The molecule has 0 heterocycles. The molecule has 42 heavy (non-hydrogen) atoms. The zero-order chi connectivity index (χ0) is 30.3. The first kappa shape index (κ1) is 31.7. The number of methoxy groups -OCH3 is 1. The SMILES string of the molecule is CC[C@H](C(=O)NC1CCCC1)N(Cc1cccc(OC)c1)C(=O)CN(c1cccc(Cl)c1)S(=O)(=O)c1ccc(Cl)cc1. The third-order valence-electron chi connectivity index (χ3n) is 7.35. The molecular weight excluding hydrogens is 597 g/mol. The lowest BCUT2D eigenvalue weighted by atomic mass is 10.1. The second kappa shape index (κ2) is 14.3. The van der Waals surface area contributed by atoms with Crippen LogP contribution in [0.2, 0.25) is 10.0 Å². The summed E-state index contributed by atoms with van der Waals surface area (Å²) >= 11 is 12.2. The zero-order valence-corrected chi connectivity index (χ0v) is 26.0. The average molecular weight is 633 g/mol. The minimum Gasteiger partial charge on any atom is -0.497 e. The van der Waals surface area contributed by atoms with Crippen LogP contribution in [0.25, 0.3) is 0 Å². The van der Waals surface area contributed by atoms with E-state index in [1.807, 2.05) is 13.0 Å². The number of nitrogens with one attached hydrogen (secondary N) is 1. The van der Waals surface area contributed by atoms with Gasteiger partial charge in [-0.05, 0) is 79.4 Å². The first-order valence-electron chi connectivity index (χ1n) is 13.9. The summed E-state index contributed by atoms with van der Waals surface area (Å²) in [5.41, 5.74) is 0.959. The number of ether oxygens (including phenoxy) is 1. The van der Waals surface area contributed by atoms with Crippen LogP contribution in [0.3, 0.4) is 0 Å². The second-order valence-corrected chi connectivity index (χ2v) is 13.0. The van der Waals surface area contributed by atoms with Gasteiger partial charge in [-0.1, -0.05) is 61.2 Å². The predicted molar refractivity (Wildman–Crippen MR) is 165 cm³/mol. The molecule has 1 N–H and O–H groups in total. The quantitative estimate of drug-likeness (QED) is 0.262. The van der Waals surface area contributed by atoms with Crippen molar-refractivity contribution in [2.45, 2.75) is 62.6 Å². The molecule has 2 amide bonds. The number of carbonyl (C=O) groups is 2. The molecule has 0 bridgehead atoms. The van der Waals surface area contributed by atoms with Gasteiger partial charge in [0, 0.05) is 22.6 Å². The van der Waals surface area contributed by atoms with Crippen molar-refractivity contribution in [1.82, 2.24) is 10.2 Å². The maximum absolute atomic E-state index is 14.2. The normalized spacial score (nSPS) is 14.3. The molecule has 0 radical (unpaired) electrons. The van der Waals surface area contributed by atoms with Crippen LogP contribution in [0.4, 0.5) is 5.69 Å². The maximum Gasteiger partial charge on any atom is 0.264 e. The van der Waals surface area contributed by atoms with Gasteiger partial charge in [-0.25, -0.2) is 8.42 Å². The van der Waals surface area contributed by atoms with Crippen LogP contribution in [-0.4, -0.2) is 50.9 Å². The molecule has 8 nitrogen and oxygen atoms in total. The van der Waals surface area contributed by atoms with Crippen LogP contribution in [0.5, 0.6) is 5.75 Å². The van der Waals surface area contributed by atoms with Crippen LogP contribution in [0.1, 0.15) is 44.6 Å². The van der Waals surface area contributed by atoms with Crippen molar-refractivity contribution in [1.29, 1.82) is 0 Å².